The molecule has 4 heterocycles. The number of carbonyl (C=O) groups is 5. The zero-order valence-electron chi connectivity index (χ0n) is 87.1. The molecule has 6 fully saturated rings. The van der Waals surface area contributed by atoms with Gasteiger partial charge in [0.25, 0.3) is 0 Å². The molecule has 6 saturated carbocycles. The number of amides is 5. The Kier molecular flexibility index (Phi) is 54.8. The van der Waals surface area contributed by atoms with Crippen LogP contribution in [0.15, 0.2) is 73.3 Å². The summed E-state index contributed by atoms with van der Waals surface area (Å²) in [6.07, 6.45) is 29.4. The maximum absolute atomic E-state index is 14.2. The van der Waals surface area contributed by atoms with Crippen LogP contribution in [0.5, 0.6) is 0 Å². The number of benzene rings is 2. The highest BCUT2D eigenvalue weighted by molar-refractivity contribution is 6.32. The Hall–Kier alpha value is -8.88. The van der Waals surface area contributed by atoms with E-state index in [4.69, 9.17) is 105 Å². The van der Waals surface area contributed by atoms with Crippen LogP contribution in [0.4, 0.5) is 70.9 Å². The van der Waals surface area contributed by atoms with Crippen molar-refractivity contribution in [2.45, 2.75) is 299 Å². The Morgan fingerprint density at radius 1 is 0.292 bits per heavy atom. The number of nitrogens with zero attached hydrogens (tertiary/aromatic N) is 8. The Balaban J connectivity index is 0.000000265. The summed E-state index contributed by atoms with van der Waals surface area (Å²) >= 11 is 28.4. The fourth-order valence-electron chi connectivity index (χ4n) is 17.0. The summed E-state index contributed by atoms with van der Waals surface area (Å²) in [6, 6.07) is 15.1. The molecule has 5 amide bonds. The van der Waals surface area contributed by atoms with Crippen LogP contribution < -0.4 is 76.1 Å². The summed E-state index contributed by atoms with van der Waals surface area (Å²) in [6.45, 7) is 37.4. The van der Waals surface area contributed by atoms with E-state index < -0.39 is 51.3 Å². The average molecular weight is 2120 g/mol. The van der Waals surface area contributed by atoms with Crippen LogP contribution in [-0.4, -0.2) is 177 Å². The zero-order valence-corrected chi connectivity index (χ0v) is 90.9. The van der Waals surface area contributed by atoms with Gasteiger partial charge in [0.2, 0.25) is 22.5 Å². The van der Waals surface area contributed by atoms with Gasteiger partial charge < -0.3 is 99.8 Å². The molecule has 2 aromatic carbocycles. The van der Waals surface area contributed by atoms with Gasteiger partial charge in [-0.1, -0.05) is 71.2 Å². The third kappa shape index (κ3) is 53.6. The number of aromatic nitrogens is 8. The van der Waals surface area contributed by atoms with Crippen LogP contribution in [0.2, 0.25) is 25.8 Å². The van der Waals surface area contributed by atoms with Crippen molar-refractivity contribution in [3.63, 3.8) is 0 Å². The van der Waals surface area contributed by atoms with Gasteiger partial charge in [-0.3, -0.25) is 0 Å². The number of rotatable bonds is 29. The summed E-state index contributed by atoms with van der Waals surface area (Å²) in [5, 5.41) is 30.8. The Bertz CT molecular complexity index is 4690. The second kappa shape index (κ2) is 63.7. The molecule has 0 unspecified atom stereocenters. The molecule has 6 aromatic rings. The van der Waals surface area contributed by atoms with Gasteiger partial charge in [0.1, 0.15) is 28.0 Å². The zero-order chi connectivity index (χ0) is 106. The van der Waals surface area contributed by atoms with Crippen LogP contribution in [0.1, 0.15) is 269 Å². The van der Waals surface area contributed by atoms with E-state index in [-0.39, 0.29) is 63.6 Å². The highest BCUT2D eigenvalue weighted by Gasteiger charge is 2.31. The Morgan fingerprint density at radius 2 is 0.500 bits per heavy atom. The molecule has 18 N–H and O–H groups in total. The van der Waals surface area contributed by atoms with Crippen molar-refractivity contribution in [2.24, 2.45) is 93.9 Å². The third-order valence-corrected chi connectivity index (χ3v) is 26.5. The summed E-state index contributed by atoms with van der Waals surface area (Å²) in [5.41, 5.74) is 22.0. The van der Waals surface area contributed by atoms with Crippen LogP contribution in [0, 0.1) is 94.3 Å². The summed E-state index contributed by atoms with van der Waals surface area (Å²) < 4.78 is 80.2. The second-order valence-electron chi connectivity index (χ2n) is 43.1. The van der Waals surface area contributed by atoms with Crippen molar-refractivity contribution in [1.29, 1.82) is 0 Å². The van der Waals surface area contributed by atoms with Gasteiger partial charge in [-0.2, -0.15) is 15.0 Å². The first kappa shape index (κ1) is 124. The minimum atomic E-state index is -0.666. The van der Waals surface area contributed by atoms with Crippen molar-refractivity contribution in [3.8, 4) is 0 Å². The van der Waals surface area contributed by atoms with Crippen molar-refractivity contribution >= 4 is 118 Å². The van der Waals surface area contributed by atoms with E-state index in [9.17, 15) is 41.5 Å². The number of halogens is 9. The largest absolute Gasteiger partial charge is 0.444 e. The van der Waals surface area contributed by atoms with Gasteiger partial charge in [0.15, 0.2) is 45.9 Å². The predicted molar refractivity (Wildman–Crippen MR) is 566 cm³/mol. The summed E-state index contributed by atoms with van der Waals surface area (Å²) in [4.78, 5) is 89.0. The van der Waals surface area contributed by atoms with Gasteiger partial charge in [0, 0.05) is 75.5 Å². The number of nitrogens with one attached hydrogen (secondary N) is 10. The molecule has 6 aliphatic carbocycles. The highest BCUT2D eigenvalue weighted by atomic mass is 35.5. The molecule has 41 heteroatoms. The number of hydrogen-bond acceptors (Lipinski definition) is 27. The molecule has 4 aromatic heterocycles. The van der Waals surface area contributed by atoms with Gasteiger partial charge in [-0.25, -0.2) is 66.5 Å². The first-order valence-corrected chi connectivity index (χ1v) is 52.8. The number of ether oxygens (including phenoxy) is 5. The number of carbonyl (C=O) groups excluding carboxylic acids is 5. The van der Waals surface area contributed by atoms with E-state index >= 15 is 0 Å². The number of hydrogen-bond donors (Lipinski definition) is 14. The summed E-state index contributed by atoms with van der Waals surface area (Å²) in [7, 11) is 0. The first-order chi connectivity index (χ1) is 68.0. The van der Waals surface area contributed by atoms with E-state index in [0.717, 1.165) is 190 Å². The lowest BCUT2D eigenvalue weighted by Crippen LogP contribution is -2.38. The molecule has 6 aliphatic rings. The lowest BCUT2D eigenvalue weighted by molar-refractivity contribution is 0.0490. The number of nitrogens with two attached hydrogens (primary N) is 4. The third-order valence-electron chi connectivity index (χ3n) is 25.1. The molecule has 808 valence electrons. The molecule has 0 spiro atoms. The minimum absolute atomic E-state index is 0.0285. The number of anilines is 5. The van der Waals surface area contributed by atoms with Crippen LogP contribution in [-0.2, 0) is 36.8 Å². The van der Waals surface area contributed by atoms with Crippen LogP contribution in [0.25, 0.3) is 0 Å². The fourth-order valence-corrected chi connectivity index (χ4v) is 17.8. The Labute approximate surface area is 875 Å². The van der Waals surface area contributed by atoms with Crippen LogP contribution in [0.3, 0.4) is 0 Å². The molecule has 0 saturated heterocycles. The van der Waals surface area contributed by atoms with Gasteiger partial charge >= 0.3 is 30.5 Å². The first-order valence-electron chi connectivity index (χ1n) is 50.9. The SMILES string of the molecule is CC(C)(C)OC(=O)NCC1CCC(CN)CC1.CC(C)(C)OC(=O)NCC1CCC(CNC(=O)OC(C)(C)C)CC1.CC(C)(C)OC(=O)NCC1CCC(CNc2nc(Cl)ncc2F)CC1.CC(C)(C)OC(=O)NCC1CCC(CNc2nc(NCc3ccccc3Cl)ncc2F)CC1.Fc1cnc(Cl)nc1Cl.NCC1CCC(CN)CC1.NCC1CCC(CNc2nc(NCc3ccccc3Cl)ncc2F)CC1. The molecule has 0 bridgehead atoms. The molecule has 32 nitrogen and oxygen atoms in total. The Morgan fingerprint density at radius 3 is 0.722 bits per heavy atom. The predicted octanol–water partition coefficient (Wildman–Crippen LogP) is 22.4. The molecular formula is C103H163Cl5F4N22O10. The molecule has 144 heavy (non-hydrogen) atoms. The molecule has 12 rings (SSSR count). The summed E-state index contributed by atoms with van der Waals surface area (Å²) in [5.74, 6) is 5.98. The topological polar surface area (TPSA) is 459 Å². The van der Waals surface area contributed by atoms with Crippen molar-refractivity contribution < 1.29 is 65.2 Å². The molecule has 0 aliphatic heterocycles. The quantitative estimate of drug-likeness (QED) is 0.00897. The lowest BCUT2D eigenvalue weighted by atomic mass is 9.82. The minimum Gasteiger partial charge on any atom is -0.444 e. The molecule has 0 atom stereocenters. The average Bonchev–Trinajstić information content (AvgIpc) is 0.858. The van der Waals surface area contributed by atoms with Crippen molar-refractivity contribution in [2.75, 3.05) is 105 Å². The van der Waals surface area contributed by atoms with Crippen molar-refractivity contribution in [1.82, 2.24) is 66.5 Å². The molecular weight excluding hydrogens is 1960 g/mol. The normalized spacial score (nSPS) is 21.1. The lowest BCUT2D eigenvalue weighted by Gasteiger charge is -2.29. The second-order valence-corrected chi connectivity index (χ2v) is 45.0. The fraction of sp³-hybridized carbons (Fsp3) is 0.680. The van der Waals surface area contributed by atoms with E-state index in [2.05, 4.69) is 93.0 Å². The smallest absolute Gasteiger partial charge is 0.407 e. The van der Waals surface area contributed by atoms with Gasteiger partial charge in [-0.05, 0) is 402 Å². The van der Waals surface area contributed by atoms with Crippen molar-refractivity contribution in [3.05, 3.63) is 133 Å². The maximum atomic E-state index is 14.2. The van der Waals surface area contributed by atoms with Gasteiger partial charge in [-0.15, -0.1) is 0 Å². The van der Waals surface area contributed by atoms with E-state index in [0.29, 0.717) is 133 Å². The molecule has 0 radical (unpaired) electrons. The van der Waals surface area contributed by atoms with E-state index in [1.54, 1.807) is 0 Å². The number of alkyl carbamates (subject to hydrolysis) is 5. The van der Waals surface area contributed by atoms with E-state index in [1.807, 2.05) is 152 Å². The highest BCUT2D eigenvalue weighted by Crippen LogP contribution is 2.36. The van der Waals surface area contributed by atoms with E-state index in [1.165, 1.54) is 50.9 Å². The van der Waals surface area contributed by atoms with Crippen LogP contribution >= 0.6 is 58.0 Å². The monoisotopic (exact) mass is 2120 g/mol. The van der Waals surface area contributed by atoms with Gasteiger partial charge in [0.05, 0.1) is 24.8 Å². The standard InChI is InChI=1S/C24H33ClFN5O2.C19H25ClFN5.C18H34N2O4.C17H26ClFN4O2.C13H26N2O2.C8H18N2.C4HCl2FN2/c1-24(2,3)33-23(32)30-13-17-10-8-16(9-11-17)12-27-21-20(26)15-29-22(31-21)28-14-18-6-4-5-7-19(18)25;20-16-4-2-1-3-15(16)11-24-19-25-12-17(21)18(26-19)23-10-14-7-5-13(9-22)6-8-14;1-17(2,3)23-15(21)19-11-13-7-9-14(10-8-13)12-20-16(22)24-18(4,5)6;1-17(2,3)25-16(24)22-9-12-6-4-11(5-7-12)8-20-14-13(19)10-21-15(18)23-14;1-13(2,3)17-12(16)15-9-11-6-4-10(8-14)5-7-11;9-5-7-1-2-8(6-10)4-3-7;5-3-2(7)1-8-4(6)9-3/h4-7,15-17H,8-14H2,1-3H3,(H,30,32)(H2,27,28,29,31);1-4,12-14H,5-11,22H2,(H2,23,24,25,26);13-14H,7-12H2,1-6H3,(H,19,21)(H,20,22);10-12H,4-9H2,1-3H3,(H,22,24)(H,20,21,23);10-11H,4-9,14H2,1-3H3,(H,15,16);7-8H,1-6,9-10H2;1H. The maximum Gasteiger partial charge on any atom is 0.407 e.